The molecule has 4 aromatic carbocycles. The van der Waals surface area contributed by atoms with Crippen molar-refractivity contribution in [3.05, 3.63) is 96.1 Å². The van der Waals surface area contributed by atoms with Crippen LogP contribution in [0.15, 0.2) is 94.7 Å². The van der Waals surface area contributed by atoms with Crippen LogP contribution in [0.3, 0.4) is 0 Å². The van der Waals surface area contributed by atoms with E-state index >= 15 is 0 Å². The fraction of sp³-hybridized carbons (Fsp3) is 0.500. The van der Waals surface area contributed by atoms with Crippen molar-refractivity contribution in [2.45, 2.75) is 165 Å². The van der Waals surface area contributed by atoms with E-state index < -0.39 is 25.1 Å². The van der Waals surface area contributed by atoms with Gasteiger partial charge in [-0.3, -0.25) is 4.55 Å². The summed E-state index contributed by atoms with van der Waals surface area (Å²) >= 11 is 0. The normalized spacial score (nSPS) is 11.3. The first-order chi connectivity index (χ1) is 28.8. The van der Waals surface area contributed by atoms with E-state index in [1.165, 1.54) is 157 Å². The van der Waals surface area contributed by atoms with Crippen LogP contribution in [-0.2, 0) is 33.1 Å². The van der Waals surface area contributed by atoms with E-state index in [0.717, 1.165) is 49.7 Å². The van der Waals surface area contributed by atoms with Crippen LogP contribution in [0.25, 0.3) is 0 Å². The molecule has 0 aromatic heterocycles. The Balaban J connectivity index is 0.000000413. The molecule has 0 bridgehead atoms. The molecule has 61 heavy (non-hydrogen) atoms. The summed E-state index contributed by atoms with van der Waals surface area (Å²) in [5, 5.41) is 21.6. The van der Waals surface area contributed by atoms with Gasteiger partial charge >= 0.3 is 37.7 Å². The molecule has 2 N–H and O–H groups in total. The second-order valence-electron chi connectivity index (χ2n) is 15.5. The summed E-state index contributed by atoms with van der Waals surface area (Å²) in [4.78, 5) is -0.718. The van der Waals surface area contributed by atoms with E-state index in [1.54, 1.807) is 30.3 Å². The maximum atomic E-state index is 11.8. The predicted molar refractivity (Wildman–Crippen MR) is 242 cm³/mol. The van der Waals surface area contributed by atoms with Gasteiger partial charge in [-0.2, -0.15) is 8.42 Å². The van der Waals surface area contributed by atoms with E-state index in [2.05, 4.69) is 13.8 Å². The SMILES string of the molecule is CCCCCCCCCCCCc1ccc(O)cc1Oc1ccccc1S(=O)(=O)O.CCCCCCCCCCCCc1ccc([O-])cc1Oc1ccccc1S(=O)(=O)[O-].[Ca+2]. The molecule has 4 aromatic rings. The fourth-order valence-electron chi connectivity index (χ4n) is 7.01. The Kier molecular flexibility index (Phi) is 27.0. The number of phenols is 1. The second kappa shape index (κ2) is 30.3. The summed E-state index contributed by atoms with van der Waals surface area (Å²) in [7, 11) is -9.07. The van der Waals surface area contributed by atoms with Crippen LogP contribution in [0.2, 0.25) is 0 Å². The minimum absolute atomic E-state index is 0. The van der Waals surface area contributed by atoms with E-state index in [4.69, 9.17) is 9.47 Å². The number of aryl methyl sites for hydroxylation is 2. The summed E-state index contributed by atoms with van der Waals surface area (Å²) in [5.41, 5.74) is 1.74. The number of hydrogen-bond donors (Lipinski definition) is 2. The first kappa shape index (κ1) is 54.3. The number of unbranched alkanes of at least 4 members (excludes halogenated alkanes) is 18. The van der Waals surface area contributed by atoms with Gasteiger partial charge in [0.15, 0.2) is 0 Å². The first-order valence-electron chi connectivity index (χ1n) is 21.9. The van der Waals surface area contributed by atoms with Crippen molar-refractivity contribution >= 4 is 58.0 Å². The zero-order valence-electron chi connectivity index (χ0n) is 36.3. The van der Waals surface area contributed by atoms with Crippen molar-refractivity contribution in [3.63, 3.8) is 0 Å². The number of phenolic OH excluding ortho intramolecular Hbond substituents is 1. The molecular weight excluding hydrogens is 841 g/mol. The number of aromatic hydroxyl groups is 1. The van der Waals surface area contributed by atoms with Gasteiger partial charge in [-0.1, -0.05) is 172 Å². The third-order valence-electron chi connectivity index (χ3n) is 10.4. The van der Waals surface area contributed by atoms with Gasteiger partial charge in [0.05, 0.1) is 4.90 Å². The minimum atomic E-state index is -4.67. The molecule has 4 rings (SSSR count). The Morgan fingerprint density at radius 2 is 0.869 bits per heavy atom. The molecule has 0 radical (unpaired) electrons. The molecule has 0 aliphatic heterocycles. The zero-order valence-corrected chi connectivity index (χ0v) is 40.2. The average molecular weight is 907 g/mol. The van der Waals surface area contributed by atoms with Gasteiger partial charge in [-0.15, -0.1) is 5.75 Å². The summed E-state index contributed by atoms with van der Waals surface area (Å²) in [6.45, 7) is 4.46. The van der Waals surface area contributed by atoms with Crippen LogP contribution >= 0.6 is 0 Å². The van der Waals surface area contributed by atoms with E-state index in [-0.39, 0.29) is 65.6 Å². The molecule has 0 spiro atoms. The van der Waals surface area contributed by atoms with Gasteiger partial charge in [0, 0.05) is 6.07 Å². The number of para-hydroxylation sites is 2. The Labute approximate surface area is 396 Å². The van der Waals surface area contributed by atoms with Crippen LogP contribution in [0.5, 0.6) is 34.5 Å². The number of benzene rings is 4. The molecule has 0 fully saturated rings. The Morgan fingerprint density at radius 1 is 0.492 bits per heavy atom. The Hall–Kier alpha value is -2.84. The smallest absolute Gasteiger partial charge is 0.872 e. The van der Waals surface area contributed by atoms with Gasteiger partial charge < -0.3 is 24.2 Å². The molecule has 332 valence electrons. The van der Waals surface area contributed by atoms with Gasteiger partial charge in [0.25, 0.3) is 10.1 Å². The summed E-state index contributed by atoms with van der Waals surface area (Å²) in [6, 6.07) is 21.0. The molecule has 0 unspecified atom stereocenters. The molecule has 0 aliphatic rings. The van der Waals surface area contributed by atoms with Crippen LogP contribution in [-0.4, -0.2) is 68.8 Å². The van der Waals surface area contributed by atoms with Crippen molar-refractivity contribution in [2.75, 3.05) is 0 Å². The van der Waals surface area contributed by atoms with Crippen molar-refractivity contribution in [2.24, 2.45) is 0 Å². The molecule has 13 heteroatoms. The quantitative estimate of drug-likeness (QED) is 0.0317. The van der Waals surface area contributed by atoms with E-state index in [0.29, 0.717) is 11.5 Å². The van der Waals surface area contributed by atoms with Crippen LogP contribution in [0.1, 0.15) is 153 Å². The molecular formula is C48H66CaO10S2. The number of rotatable bonds is 28. The zero-order chi connectivity index (χ0) is 43.6. The second-order valence-corrected chi connectivity index (χ2v) is 18.2. The van der Waals surface area contributed by atoms with Gasteiger partial charge in [-0.05, 0) is 73.2 Å². The Morgan fingerprint density at radius 3 is 1.31 bits per heavy atom. The average Bonchev–Trinajstić information content (AvgIpc) is 3.20. The molecule has 0 saturated carbocycles. The van der Waals surface area contributed by atoms with Crippen molar-refractivity contribution in [3.8, 4) is 34.5 Å². The summed E-state index contributed by atoms with van der Waals surface area (Å²) < 4.78 is 78.5. The number of ether oxygens (including phenoxy) is 2. The molecule has 0 aliphatic carbocycles. The van der Waals surface area contributed by atoms with Crippen LogP contribution in [0.4, 0.5) is 0 Å². The largest absolute Gasteiger partial charge is 2.00 e. The third-order valence-corrected chi connectivity index (χ3v) is 12.1. The van der Waals surface area contributed by atoms with E-state index in [1.807, 2.05) is 0 Å². The van der Waals surface area contributed by atoms with Crippen molar-refractivity contribution in [1.29, 1.82) is 0 Å². The van der Waals surface area contributed by atoms with Gasteiger partial charge in [0.1, 0.15) is 43.8 Å². The molecule has 0 amide bonds. The van der Waals surface area contributed by atoms with Crippen molar-refractivity contribution < 1.29 is 45.6 Å². The van der Waals surface area contributed by atoms with Crippen molar-refractivity contribution in [1.82, 2.24) is 0 Å². The first-order valence-corrected chi connectivity index (χ1v) is 24.8. The molecule has 10 nitrogen and oxygen atoms in total. The van der Waals surface area contributed by atoms with Crippen LogP contribution in [0, 0.1) is 0 Å². The third kappa shape index (κ3) is 21.9. The maximum absolute atomic E-state index is 11.8. The summed E-state index contributed by atoms with van der Waals surface area (Å²) in [5.74, 6) is 0.523. The van der Waals surface area contributed by atoms with E-state index in [9.17, 15) is 36.2 Å². The summed E-state index contributed by atoms with van der Waals surface area (Å²) in [6.07, 6.45) is 26.4. The predicted octanol–water partition coefficient (Wildman–Crippen LogP) is 12.4. The fourth-order valence-corrected chi connectivity index (χ4v) is 8.23. The number of hydrogen-bond acceptors (Lipinski definition) is 9. The monoisotopic (exact) mass is 906 g/mol. The topological polar surface area (TPSA) is 173 Å². The van der Waals surface area contributed by atoms with Gasteiger partial charge in [-0.25, -0.2) is 8.42 Å². The minimum Gasteiger partial charge on any atom is -0.872 e. The standard InChI is InChI=1S/2C24H34O5S.Ca/c2*1-2-3-4-5-6-7-8-9-10-11-14-20-17-18-21(25)19-23(20)29-22-15-12-13-16-24(22)30(26,27)28;/h2*12-13,15-19,25H,2-11,14H2,1H3,(H,26,27,28);/q;;+2/p-2. The molecule has 0 heterocycles. The Bertz CT molecular complexity index is 1910. The molecule has 0 atom stereocenters. The van der Waals surface area contributed by atoms with Crippen LogP contribution < -0.4 is 14.6 Å². The maximum Gasteiger partial charge on any atom is 2.00 e. The molecule has 0 saturated heterocycles. The van der Waals surface area contributed by atoms with Gasteiger partial charge in [0.2, 0.25) is 0 Å².